The first-order chi connectivity index (χ1) is 14.0. The number of amides is 1. The van der Waals surface area contributed by atoms with Crippen LogP contribution >= 0.6 is 11.6 Å². The number of nitrogens with zero attached hydrogens (tertiary/aromatic N) is 1. The van der Waals surface area contributed by atoms with Crippen molar-refractivity contribution in [3.8, 4) is 0 Å². The fourth-order valence-corrected chi connectivity index (χ4v) is 3.62. The summed E-state index contributed by atoms with van der Waals surface area (Å²) in [5.41, 5.74) is 7.86. The van der Waals surface area contributed by atoms with Crippen molar-refractivity contribution in [3.05, 3.63) is 101 Å². The zero-order valence-electron chi connectivity index (χ0n) is 15.2. The molecular weight excluding hydrogens is 388 g/mol. The fraction of sp³-hybridized carbons (Fsp3) is 0.0435. The SMILES string of the molecule is Nc1cccc(C(O)=C2C(=O)C(=O)N(c3ccccc3)C2c2ccc(Cl)cc2)c1. The van der Waals surface area contributed by atoms with E-state index in [1.165, 1.54) is 4.90 Å². The molecule has 1 amide bonds. The smallest absolute Gasteiger partial charge is 0.300 e. The summed E-state index contributed by atoms with van der Waals surface area (Å²) in [6.07, 6.45) is 0. The zero-order valence-corrected chi connectivity index (χ0v) is 16.0. The van der Waals surface area contributed by atoms with Crippen LogP contribution in [0.4, 0.5) is 11.4 Å². The Morgan fingerprint density at radius 3 is 2.28 bits per heavy atom. The molecule has 29 heavy (non-hydrogen) atoms. The van der Waals surface area contributed by atoms with Crippen LogP contribution in [0.5, 0.6) is 0 Å². The van der Waals surface area contributed by atoms with Crippen LogP contribution in [-0.4, -0.2) is 16.8 Å². The summed E-state index contributed by atoms with van der Waals surface area (Å²) in [4.78, 5) is 27.3. The third kappa shape index (κ3) is 3.37. The highest BCUT2D eigenvalue weighted by atomic mass is 35.5. The van der Waals surface area contributed by atoms with Gasteiger partial charge in [0.05, 0.1) is 11.6 Å². The lowest BCUT2D eigenvalue weighted by atomic mass is 9.95. The molecule has 1 saturated heterocycles. The number of rotatable bonds is 3. The molecule has 1 atom stereocenters. The Balaban J connectivity index is 1.95. The molecule has 0 aromatic heterocycles. The van der Waals surface area contributed by atoms with E-state index in [-0.39, 0.29) is 11.3 Å². The molecule has 0 saturated carbocycles. The highest BCUT2D eigenvalue weighted by Gasteiger charge is 2.46. The number of benzene rings is 3. The Labute approximate surface area is 172 Å². The molecule has 1 unspecified atom stereocenters. The lowest BCUT2D eigenvalue weighted by molar-refractivity contribution is -0.132. The fourth-order valence-electron chi connectivity index (χ4n) is 3.49. The van der Waals surface area contributed by atoms with E-state index in [0.29, 0.717) is 27.5 Å². The van der Waals surface area contributed by atoms with Crippen LogP contribution in [-0.2, 0) is 9.59 Å². The number of aliphatic hydroxyl groups is 1. The van der Waals surface area contributed by atoms with Gasteiger partial charge >= 0.3 is 0 Å². The van der Waals surface area contributed by atoms with Gasteiger partial charge in [-0.1, -0.05) is 54.1 Å². The third-order valence-corrected chi connectivity index (χ3v) is 5.08. The van der Waals surface area contributed by atoms with Crippen LogP contribution in [0, 0.1) is 0 Å². The van der Waals surface area contributed by atoms with Gasteiger partial charge in [-0.3, -0.25) is 14.5 Å². The largest absolute Gasteiger partial charge is 0.507 e. The van der Waals surface area contributed by atoms with Gasteiger partial charge in [-0.05, 0) is 42.0 Å². The van der Waals surface area contributed by atoms with Crippen LogP contribution in [0.3, 0.4) is 0 Å². The second-order valence-electron chi connectivity index (χ2n) is 6.68. The Morgan fingerprint density at radius 2 is 1.62 bits per heavy atom. The minimum absolute atomic E-state index is 0.00627. The molecule has 0 radical (unpaired) electrons. The van der Waals surface area contributed by atoms with Crippen molar-refractivity contribution in [2.24, 2.45) is 0 Å². The predicted octanol–water partition coefficient (Wildman–Crippen LogP) is 4.55. The molecule has 1 heterocycles. The summed E-state index contributed by atoms with van der Waals surface area (Å²) in [5, 5.41) is 11.5. The van der Waals surface area contributed by atoms with E-state index in [0.717, 1.165) is 0 Å². The summed E-state index contributed by atoms with van der Waals surface area (Å²) < 4.78 is 0. The van der Waals surface area contributed by atoms with Gasteiger partial charge in [0, 0.05) is 22.0 Å². The molecular formula is C23H17ClN2O3. The van der Waals surface area contributed by atoms with Gasteiger partial charge in [-0.15, -0.1) is 0 Å². The van der Waals surface area contributed by atoms with Crippen molar-refractivity contribution in [1.29, 1.82) is 0 Å². The van der Waals surface area contributed by atoms with E-state index in [9.17, 15) is 14.7 Å². The number of aliphatic hydroxyl groups excluding tert-OH is 1. The van der Waals surface area contributed by atoms with Gasteiger partial charge in [0.2, 0.25) is 0 Å². The van der Waals surface area contributed by atoms with E-state index >= 15 is 0 Å². The van der Waals surface area contributed by atoms with Crippen molar-refractivity contribution in [1.82, 2.24) is 0 Å². The summed E-state index contributed by atoms with van der Waals surface area (Å²) in [6.45, 7) is 0. The first-order valence-corrected chi connectivity index (χ1v) is 9.32. The molecule has 4 rings (SSSR count). The molecule has 0 aliphatic carbocycles. The maximum absolute atomic E-state index is 13.0. The van der Waals surface area contributed by atoms with Gasteiger partial charge in [0.15, 0.2) is 0 Å². The number of nitrogen functional groups attached to an aromatic ring is 1. The maximum Gasteiger partial charge on any atom is 0.300 e. The number of anilines is 2. The molecule has 3 aromatic rings. The quantitative estimate of drug-likeness (QED) is 0.290. The minimum atomic E-state index is -0.795. The normalized spacial score (nSPS) is 18.2. The molecule has 0 spiro atoms. The topological polar surface area (TPSA) is 83.6 Å². The Bertz CT molecular complexity index is 1120. The van der Waals surface area contributed by atoms with Crippen LogP contribution in [0.1, 0.15) is 17.2 Å². The number of carbonyl (C=O) groups is 2. The summed E-state index contributed by atoms with van der Waals surface area (Å²) in [7, 11) is 0. The van der Waals surface area contributed by atoms with Crippen molar-refractivity contribution >= 4 is 40.4 Å². The van der Waals surface area contributed by atoms with Crippen molar-refractivity contribution in [2.75, 3.05) is 10.6 Å². The number of para-hydroxylation sites is 1. The molecule has 3 aromatic carbocycles. The van der Waals surface area contributed by atoms with Gasteiger partial charge in [0.25, 0.3) is 11.7 Å². The highest BCUT2D eigenvalue weighted by molar-refractivity contribution is 6.51. The van der Waals surface area contributed by atoms with Crippen molar-refractivity contribution < 1.29 is 14.7 Å². The standard InChI is InChI=1S/C23H17ClN2O3/c24-16-11-9-14(10-12-16)20-19(21(27)15-5-4-6-17(25)13-15)22(28)23(29)26(20)18-7-2-1-3-8-18/h1-13,20,27H,25H2. The molecule has 1 aliphatic rings. The van der Waals surface area contributed by atoms with Crippen LogP contribution in [0.2, 0.25) is 5.02 Å². The number of nitrogens with two attached hydrogens (primary N) is 1. The Kier molecular flexibility index (Phi) is 4.82. The average molecular weight is 405 g/mol. The molecule has 144 valence electrons. The van der Waals surface area contributed by atoms with E-state index in [2.05, 4.69) is 0 Å². The van der Waals surface area contributed by atoms with Crippen LogP contribution in [0.15, 0.2) is 84.4 Å². The van der Waals surface area contributed by atoms with Crippen LogP contribution in [0.25, 0.3) is 5.76 Å². The van der Waals surface area contributed by atoms with E-state index in [1.807, 2.05) is 6.07 Å². The monoisotopic (exact) mass is 404 g/mol. The number of ketones is 1. The lowest BCUT2D eigenvalue weighted by Gasteiger charge is -2.25. The Morgan fingerprint density at radius 1 is 0.931 bits per heavy atom. The number of carbonyl (C=O) groups excluding carboxylic acids is 2. The predicted molar refractivity (Wildman–Crippen MR) is 114 cm³/mol. The minimum Gasteiger partial charge on any atom is -0.507 e. The van der Waals surface area contributed by atoms with Gasteiger partial charge in [-0.2, -0.15) is 0 Å². The lowest BCUT2D eigenvalue weighted by Crippen LogP contribution is -2.29. The Hall–Kier alpha value is -3.57. The van der Waals surface area contributed by atoms with Gasteiger partial charge < -0.3 is 10.8 Å². The molecule has 1 aliphatic heterocycles. The highest BCUT2D eigenvalue weighted by Crippen LogP contribution is 2.42. The van der Waals surface area contributed by atoms with Gasteiger partial charge in [0.1, 0.15) is 5.76 Å². The van der Waals surface area contributed by atoms with Crippen molar-refractivity contribution in [2.45, 2.75) is 6.04 Å². The first kappa shape index (κ1) is 18.8. The van der Waals surface area contributed by atoms with Crippen LogP contribution < -0.4 is 10.6 Å². The average Bonchev–Trinajstić information content (AvgIpc) is 2.99. The summed E-state index contributed by atoms with van der Waals surface area (Å²) in [5.74, 6) is -1.73. The zero-order chi connectivity index (χ0) is 20.5. The molecule has 5 nitrogen and oxygen atoms in total. The third-order valence-electron chi connectivity index (χ3n) is 4.82. The van der Waals surface area contributed by atoms with E-state index in [4.69, 9.17) is 17.3 Å². The molecule has 1 fully saturated rings. The number of hydrogen-bond acceptors (Lipinski definition) is 4. The van der Waals surface area contributed by atoms with Crippen molar-refractivity contribution in [3.63, 3.8) is 0 Å². The second-order valence-corrected chi connectivity index (χ2v) is 7.12. The number of Topliss-reactive ketones (excluding diaryl/α,β-unsaturated/α-hetero) is 1. The second kappa shape index (κ2) is 7.45. The number of hydrogen-bond donors (Lipinski definition) is 2. The maximum atomic E-state index is 13.0. The molecule has 0 bridgehead atoms. The van der Waals surface area contributed by atoms with E-state index in [1.54, 1.807) is 72.8 Å². The summed E-state index contributed by atoms with van der Waals surface area (Å²) in [6, 6.07) is 21.5. The molecule has 6 heteroatoms. The first-order valence-electron chi connectivity index (χ1n) is 8.95. The van der Waals surface area contributed by atoms with E-state index < -0.39 is 17.7 Å². The molecule has 3 N–H and O–H groups in total. The number of halogens is 1. The van der Waals surface area contributed by atoms with Gasteiger partial charge in [-0.25, -0.2) is 0 Å². The summed E-state index contributed by atoms with van der Waals surface area (Å²) >= 11 is 6.02.